The zero-order valence-electron chi connectivity index (χ0n) is 18.2. The second-order valence-electron chi connectivity index (χ2n) is 7.43. The number of nitrogens with zero attached hydrogens (tertiary/aromatic N) is 1. The number of fused-ring (bicyclic) bond motifs is 1. The quantitative estimate of drug-likeness (QED) is 0.398. The number of anilines is 2. The first-order valence-corrected chi connectivity index (χ1v) is 12.6. The lowest BCUT2D eigenvalue weighted by Gasteiger charge is -2.33. The Morgan fingerprint density at radius 1 is 0.970 bits per heavy atom. The van der Waals surface area contributed by atoms with E-state index in [9.17, 15) is 8.42 Å². The van der Waals surface area contributed by atoms with Gasteiger partial charge in [0.1, 0.15) is 0 Å². The van der Waals surface area contributed by atoms with E-state index in [1.807, 2.05) is 37.3 Å². The maximum absolute atomic E-state index is 13.8. The predicted octanol–water partition coefficient (Wildman–Crippen LogP) is 6.17. The van der Waals surface area contributed by atoms with E-state index in [-0.39, 0.29) is 11.4 Å². The molecule has 3 aromatic carbocycles. The molecule has 0 bridgehead atoms. The third-order valence-electron chi connectivity index (χ3n) is 5.47. The van der Waals surface area contributed by atoms with Gasteiger partial charge in [0, 0.05) is 32.5 Å². The van der Waals surface area contributed by atoms with Crippen molar-refractivity contribution in [3.05, 3.63) is 81.4 Å². The van der Waals surface area contributed by atoms with Crippen LogP contribution in [0.25, 0.3) is 5.57 Å². The van der Waals surface area contributed by atoms with E-state index in [0.29, 0.717) is 22.2 Å². The van der Waals surface area contributed by atoms with Gasteiger partial charge in [0.15, 0.2) is 11.5 Å². The first-order chi connectivity index (χ1) is 15.7. The molecule has 0 radical (unpaired) electrons. The minimum Gasteiger partial charge on any atom is -0.493 e. The molecule has 0 spiro atoms. The Kier molecular flexibility index (Phi) is 6.61. The molecular weight excluding hydrogens is 528 g/mol. The minimum absolute atomic E-state index is 0.0913. The Labute approximate surface area is 207 Å². The van der Waals surface area contributed by atoms with E-state index in [1.165, 1.54) is 30.7 Å². The number of methoxy groups -OCH3 is 2. The van der Waals surface area contributed by atoms with Gasteiger partial charge >= 0.3 is 0 Å². The van der Waals surface area contributed by atoms with E-state index < -0.39 is 10.0 Å². The fourth-order valence-corrected chi connectivity index (χ4v) is 5.59. The van der Waals surface area contributed by atoms with Crippen LogP contribution in [-0.2, 0) is 10.0 Å². The van der Waals surface area contributed by atoms with Crippen LogP contribution >= 0.6 is 27.5 Å². The molecule has 0 aliphatic carbocycles. The second kappa shape index (κ2) is 9.29. The zero-order chi connectivity index (χ0) is 23.8. The Morgan fingerprint density at radius 2 is 1.67 bits per heavy atom. The lowest BCUT2D eigenvalue weighted by atomic mass is 9.99. The number of rotatable bonds is 6. The van der Waals surface area contributed by atoms with Crippen molar-refractivity contribution in [2.75, 3.05) is 30.4 Å². The van der Waals surface area contributed by atoms with Crippen LogP contribution in [0.3, 0.4) is 0 Å². The van der Waals surface area contributed by atoms with Crippen LogP contribution in [0.4, 0.5) is 11.4 Å². The Balaban J connectivity index is 1.81. The fraction of sp³-hybridized carbons (Fsp3) is 0.167. The molecule has 0 saturated carbocycles. The summed E-state index contributed by atoms with van der Waals surface area (Å²) in [7, 11) is -0.976. The van der Waals surface area contributed by atoms with Gasteiger partial charge in [-0.1, -0.05) is 33.6 Å². The highest BCUT2D eigenvalue weighted by atomic mass is 79.9. The van der Waals surface area contributed by atoms with E-state index in [1.54, 1.807) is 18.2 Å². The van der Waals surface area contributed by atoms with Gasteiger partial charge < -0.3 is 14.8 Å². The van der Waals surface area contributed by atoms with Gasteiger partial charge in [0.05, 0.1) is 31.3 Å². The van der Waals surface area contributed by atoms with Gasteiger partial charge in [-0.15, -0.1) is 0 Å². The first-order valence-electron chi connectivity index (χ1n) is 10.0. The topological polar surface area (TPSA) is 67.9 Å². The summed E-state index contributed by atoms with van der Waals surface area (Å²) in [5.41, 5.74) is 3.89. The van der Waals surface area contributed by atoms with Crippen molar-refractivity contribution < 1.29 is 17.9 Å². The third-order valence-corrected chi connectivity index (χ3v) is 7.99. The van der Waals surface area contributed by atoms with E-state index in [4.69, 9.17) is 21.1 Å². The van der Waals surface area contributed by atoms with Crippen molar-refractivity contribution in [3.8, 4) is 11.5 Å². The molecule has 1 aliphatic rings. The van der Waals surface area contributed by atoms with Crippen LogP contribution < -0.4 is 19.1 Å². The average Bonchev–Trinajstić information content (AvgIpc) is 2.81. The maximum Gasteiger partial charge on any atom is 0.264 e. The zero-order valence-corrected chi connectivity index (χ0v) is 21.4. The third kappa shape index (κ3) is 4.55. The van der Waals surface area contributed by atoms with E-state index >= 15 is 0 Å². The van der Waals surface area contributed by atoms with E-state index in [2.05, 4.69) is 21.2 Å². The lowest BCUT2D eigenvalue weighted by Crippen LogP contribution is -2.37. The summed E-state index contributed by atoms with van der Waals surface area (Å²) in [4.78, 5) is 0.0913. The number of ether oxygens (including phenoxy) is 2. The molecule has 0 unspecified atom stereocenters. The molecule has 9 heteroatoms. The highest BCUT2D eigenvalue weighted by Gasteiger charge is 2.33. The molecule has 172 valence electrons. The molecule has 0 aromatic heterocycles. The SMILES string of the molecule is COc1ccc(S(=O)(=O)N2CC(Nc3ccc(Br)cc3)=C(C)c3ccc(Cl)cc32)cc1OC. The summed E-state index contributed by atoms with van der Waals surface area (Å²) < 4.78 is 40.5. The normalized spacial score (nSPS) is 13.5. The molecule has 0 saturated heterocycles. The molecule has 3 aromatic rings. The summed E-state index contributed by atoms with van der Waals surface area (Å²) in [6.07, 6.45) is 0. The number of benzene rings is 3. The monoisotopic (exact) mass is 548 g/mol. The highest BCUT2D eigenvalue weighted by molar-refractivity contribution is 9.10. The van der Waals surface area contributed by atoms with Crippen molar-refractivity contribution in [2.24, 2.45) is 0 Å². The van der Waals surface area contributed by atoms with Crippen LogP contribution in [-0.4, -0.2) is 29.2 Å². The summed E-state index contributed by atoms with van der Waals surface area (Å²) in [6, 6.07) is 17.5. The fourth-order valence-electron chi connectivity index (χ4n) is 3.70. The largest absolute Gasteiger partial charge is 0.493 e. The van der Waals surface area contributed by atoms with Gasteiger partial charge in [-0.3, -0.25) is 4.31 Å². The molecule has 33 heavy (non-hydrogen) atoms. The Bertz CT molecular complexity index is 1340. The number of sulfonamides is 1. The predicted molar refractivity (Wildman–Crippen MR) is 136 cm³/mol. The van der Waals surface area contributed by atoms with Crippen LogP contribution in [0.2, 0.25) is 5.02 Å². The highest BCUT2D eigenvalue weighted by Crippen LogP contribution is 2.40. The van der Waals surface area contributed by atoms with Crippen molar-refractivity contribution >= 4 is 54.5 Å². The number of hydrogen-bond donors (Lipinski definition) is 1. The Morgan fingerprint density at radius 3 is 2.33 bits per heavy atom. The molecular formula is C24H22BrClN2O4S. The van der Waals surface area contributed by atoms with Crippen LogP contribution in [0.15, 0.2) is 75.7 Å². The summed E-state index contributed by atoms with van der Waals surface area (Å²) in [6.45, 7) is 2.08. The van der Waals surface area contributed by atoms with Crippen molar-refractivity contribution in [3.63, 3.8) is 0 Å². The summed E-state index contributed by atoms with van der Waals surface area (Å²) >= 11 is 9.69. The maximum atomic E-state index is 13.8. The van der Waals surface area contributed by atoms with Crippen LogP contribution in [0, 0.1) is 0 Å². The van der Waals surface area contributed by atoms with Gasteiger partial charge in [-0.2, -0.15) is 0 Å². The van der Waals surface area contributed by atoms with Crippen molar-refractivity contribution in [2.45, 2.75) is 11.8 Å². The molecule has 6 nitrogen and oxygen atoms in total. The van der Waals surface area contributed by atoms with E-state index in [0.717, 1.165) is 27.0 Å². The second-order valence-corrected chi connectivity index (χ2v) is 10.6. The molecule has 1 N–H and O–H groups in total. The smallest absolute Gasteiger partial charge is 0.264 e. The van der Waals surface area contributed by atoms with Gasteiger partial charge in [0.2, 0.25) is 0 Å². The molecule has 4 rings (SSSR count). The van der Waals surface area contributed by atoms with Crippen molar-refractivity contribution in [1.29, 1.82) is 0 Å². The van der Waals surface area contributed by atoms with Gasteiger partial charge in [0.25, 0.3) is 10.0 Å². The van der Waals surface area contributed by atoms with Crippen LogP contribution in [0.1, 0.15) is 12.5 Å². The summed E-state index contributed by atoms with van der Waals surface area (Å²) in [5.74, 6) is 0.786. The van der Waals surface area contributed by atoms with Crippen molar-refractivity contribution in [1.82, 2.24) is 0 Å². The first kappa shape index (κ1) is 23.5. The van der Waals surface area contributed by atoms with Gasteiger partial charge in [-0.05, 0) is 61.0 Å². The number of hydrogen-bond acceptors (Lipinski definition) is 5. The molecule has 0 atom stereocenters. The average molecular weight is 550 g/mol. The summed E-state index contributed by atoms with van der Waals surface area (Å²) in [5, 5.41) is 3.84. The minimum atomic E-state index is -3.95. The van der Waals surface area contributed by atoms with Gasteiger partial charge in [-0.25, -0.2) is 8.42 Å². The Hall–Kier alpha value is -2.68. The molecule has 1 aliphatic heterocycles. The number of halogens is 2. The number of nitrogens with one attached hydrogen (secondary N) is 1. The number of allylic oxidation sites excluding steroid dienone is 1. The molecule has 1 heterocycles. The molecule has 0 amide bonds. The van der Waals surface area contributed by atoms with Crippen LogP contribution in [0.5, 0.6) is 11.5 Å². The standard InChI is InChI=1S/C24H22BrClN2O4S/c1-15-20-10-6-17(26)12-22(20)28(14-21(15)27-18-7-4-16(25)5-8-18)33(29,30)19-9-11-23(31-2)24(13-19)32-3/h4-13,27H,14H2,1-3H3. The lowest BCUT2D eigenvalue weighted by molar-refractivity contribution is 0.354. The molecule has 0 fully saturated rings.